The van der Waals surface area contributed by atoms with Gasteiger partial charge in [0.2, 0.25) is 0 Å². The SMILES string of the molecule is CC(C)[n+]1ccccc1OC1CCCC1. The van der Waals surface area contributed by atoms with Gasteiger partial charge in [-0.05, 0) is 45.6 Å². The van der Waals surface area contributed by atoms with Crippen LogP contribution in [0.3, 0.4) is 0 Å². The van der Waals surface area contributed by atoms with Crippen LogP contribution in [0.25, 0.3) is 0 Å². The van der Waals surface area contributed by atoms with Crippen LogP contribution < -0.4 is 9.30 Å². The van der Waals surface area contributed by atoms with Gasteiger partial charge in [0.25, 0.3) is 0 Å². The monoisotopic (exact) mass is 206 g/mol. The lowest BCUT2D eigenvalue weighted by atomic mass is 10.3. The van der Waals surface area contributed by atoms with Gasteiger partial charge in [0, 0.05) is 6.07 Å². The predicted octanol–water partition coefficient (Wildman–Crippen LogP) is 2.88. The zero-order valence-corrected chi connectivity index (χ0v) is 9.65. The Morgan fingerprint density at radius 3 is 2.67 bits per heavy atom. The lowest BCUT2D eigenvalue weighted by Gasteiger charge is -2.12. The van der Waals surface area contributed by atoms with E-state index in [1.54, 1.807) is 0 Å². The molecule has 0 aliphatic heterocycles. The summed E-state index contributed by atoms with van der Waals surface area (Å²) in [4.78, 5) is 0. The van der Waals surface area contributed by atoms with Gasteiger partial charge in [-0.1, -0.05) is 0 Å². The normalized spacial score (nSPS) is 17.3. The molecule has 0 radical (unpaired) electrons. The lowest BCUT2D eigenvalue weighted by molar-refractivity contribution is -0.721. The van der Waals surface area contributed by atoms with E-state index < -0.39 is 0 Å². The minimum Gasteiger partial charge on any atom is -0.441 e. The van der Waals surface area contributed by atoms with Gasteiger partial charge in [-0.3, -0.25) is 0 Å². The highest BCUT2D eigenvalue weighted by Crippen LogP contribution is 2.22. The maximum Gasteiger partial charge on any atom is 0.368 e. The summed E-state index contributed by atoms with van der Waals surface area (Å²) in [6, 6.07) is 6.63. The highest BCUT2D eigenvalue weighted by Gasteiger charge is 2.22. The third-order valence-electron chi connectivity index (χ3n) is 3.00. The van der Waals surface area contributed by atoms with Gasteiger partial charge in [-0.25, -0.2) is 0 Å². The Morgan fingerprint density at radius 2 is 2.00 bits per heavy atom. The summed E-state index contributed by atoms with van der Waals surface area (Å²) in [5, 5.41) is 0. The van der Waals surface area contributed by atoms with Crippen molar-refractivity contribution in [3.63, 3.8) is 0 Å². The maximum absolute atomic E-state index is 6.03. The highest BCUT2D eigenvalue weighted by molar-refractivity contribution is 5.03. The Kier molecular flexibility index (Phi) is 3.24. The van der Waals surface area contributed by atoms with Gasteiger partial charge >= 0.3 is 5.88 Å². The third kappa shape index (κ3) is 2.49. The number of nitrogens with zero attached hydrogens (tertiary/aromatic N) is 1. The van der Waals surface area contributed by atoms with Crippen LogP contribution in [0.1, 0.15) is 45.6 Å². The molecule has 0 aromatic carbocycles. The fraction of sp³-hybridized carbons (Fsp3) is 0.615. The fourth-order valence-electron chi connectivity index (χ4n) is 2.14. The van der Waals surface area contributed by atoms with Crippen LogP contribution >= 0.6 is 0 Å². The maximum atomic E-state index is 6.03. The first-order valence-electron chi connectivity index (χ1n) is 5.94. The van der Waals surface area contributed by atoms with Gasteiger partial charge in [-0.2, -0.15) is 4.57 Å². The Balaban J connectivity index is 2.12. The molecule has 2 rings (SSSR count). The molecule has 2 nitrogen and oxygen atoms in total. The molecule has 0 bridgehead atoms. The molecule has 82 valence electrons. The second-order valence-corrected chi connectivity index (χ2v) is 4.56. The minimum absolute atomic E-state index is 0.442. The molecule has 1 aliphatic carbocycles. The van der Waals surface area contributed by atoms with E-state index in [2.05, 4.69) is 36.7 Å². The molecule has 0 unspecified atom stereocenters. The van der Waals surface area contributed by atoms with E-state index >= 15 is 0 Å². The number of pyridine rings is 1. The zero-order valence-electron chi connectivity index (χ0n) is 9.65. The van der Waals surface area contributed by atoms with Crippen LogP contribution in [0.5, 0.6) is 5.88 Å². The van der Waals surface area contributed by atoms with Crippen molar-refractivity contribution >= 4 is 0 Å². The number of hydrogen-bond acceptors (Lipinski definition) is 1. The van der Waals surface area contributed by atoms with Crippen molar-refractivity contribution in [3.8, 4) is 5.88 Å². The van der Waals surface area contributed by atoms with Crippen LogP contribution in [0, 0.1) is 0 Å². The summed E-state index contributed by atoms with van der Waals surface area (Å²) in [5.74, 6) is 1.01. The number of aromatic nitrogens is 1. The molecular weight excluding hydrogens is 186 g/mol. The third-order valence-corrected chi connectivity index (χ3v) is 3.00. The molecule has 15 heavy (non-hydrogen) atoms. The first-order valence-corrected chi connectivity index (χ1v) is 5.94. The molecule has 1 heterocycles. The van der Waals surface area contributed by atoms with E-state index in [4.69, 9.17) is 4.74 Å². The quantitative estimate of drug-likeness (QED) is 0.693. The molecule has 1 fully saturated rings. The van der Waals surface area contributed by atoms with Crippen molar-refractivity contribution in [2.75, 3.05) is 0 Å². The Morgan fingerprint density at radius 1 is 1.27 bits per heavy atom. The number of rotatable bonds is 3. The van der Waals surface area contributed by atoms with Crippen molar-refractivity contribution in [1.82, 2.24) is 0 Å². The summed E-state index contributed by atoms with van der Waals surface area (Å²) in [6.07, 6.45) is 7.60. The summed E-state index contributed by atoms with van der Waals surface area (Å²) < 4.78 is 8.22. The molecule has 0 saturated heterocycles. The first kappa shape index (κ1) is 10.5. The van der Waals surface area contributed by atoms with E-state index in [9.17, 15) is 0 Å². The van der Waals surface area contributed by atoms with Crippen LogP contribution in [-0.2, 0) is 0 Å². The minimum atomic E-state index is 0.442. The summed E-state index contributed by atoms with van der Waals surface area (Å²) in [5.41, 5.74) is 0. The van der Waals surface area contributed by atoms with Crippen LogP contribution in [0.4, 0.5) is 0 Å². The highest BCUT2D eigenvalue weighted by atomic mass is 16.5. The molecular formula is C13H20NO+. The predicted molar refractivity (Wildman–Crippen MR) is 59.9 cm³/mol. The second-order valence-electron chi connectivity index (χ2n) is 4.56. The standard InChI is InChI=1S/C13H20NO/c1-11(2)14-10-6-5-9-13(14)15-12-7-3-4-8-12/h5-6,9-12H,3-4,7-8H2,1-2H3/q+1. The number of ether oxygens (including phenoxy) is 1. The Bertz CT molecular complexity index is 316. The second kappa shape index (κ2) is 4.65. The molecule has 1 aromatic rings. The Hall–Kier alpha value is -1.05. The molecule has 1 aromatic heterocycles. The van der Waals surface area contributed by atoms with Gasteiger partial charge in [0.1, 0.15) is 6.10 Å². The zero-order chi connectivity index (χ0) is 10.7. The van der Waals surface area contributed by atoms with Crippen LogP contribution in [0.2, 0.25) is 0 Å². The Labute approximate surface area is 91.9 Å². The van der Waals surface area contributed by atoms with Crippen LogP contribution in [0.15, 0.2) is 24.4 Å². The van der Waals surface area contributed by atoms with Crippen molar-refractivity contribution in [2.45, 2.75) is 51.7 Å². The van der Waals surface area contributed by atoms with E-state index in [0.29, 0.717) is 12.1 Å². The summed E-state index contributed by atoms with van der Waals surface area (Å²) in [6.45, 7) is 4.36. The van der Waals surface area contributed by atoms with Crippen molar-refractivity contribution in [3.05, 3.63) is 24.4 Å². The molecule has 0 N–H and O–H groups in total. The lowest BCUT2D eigenvalue weighted by Crippen LogP contribution is -2.38. The van der Waals surface area contributed by atoms with Crippen LogP contribution in [-0.4, -0.2) is 6.10 Å². The summed E-state index contributed by atoms with van der Waals surface area (Å²) >= 11 is 0. The molecule has 0 atom stereocenters. The van der Waals surface area contributed by atoms with Crippen molar-refractivity contribution in [2.24, 2.45) is 0 Å². The van der Waals surface area contributed by atoms with Gasteiger partial charge in [-0.15, -0.1) is 0 Å². The molecule has 1 aliphatic rings. The topological polar surface area (TPSA) is 13.1 Å². The average Bonchev–Trinajstić information content (AvgIpc) is 2.71. The molecule has 2 heteroatoms. The molecule has 0 spiro atoms. The molecule has 1 saturated carbocycles. The fourth-order valence-corrected chi connectivity index (χ4v) is 2.14. The van der Waals surface area contributed by atoms with Gasteiger partial charge < -0.3 is 4.74 Å². The van der Waals surface area contributed by atoms with Gasteiger partial charge in [0.15, 0.2) is 12.2 Å². The summed E-state index contributed by atoms with van der Waals surface area (Å²) in [7, 11) is 0. The smallest absolute Gasteiger partial charge is 0.368 e. The largest absolute Gasteiger partial charge is 0.441 e. The van der Waals surface area contributed by atoms with Crippen molar-refractivity contribution < 1.29 is 9.30 Å². The first-order chi connectivity index (χ1) is 7.27. The van der Waals surface area contributed by atoms with E-state index in [-0.39, 0.29) is 0 Å². The van der Waals surface area contributed by atoms with E-state index in [0.717, 1.165) is 5.88 Å². The van der Waals surface area contributed by atoms with Gasteiger partial charge in [0.05, 0.1) is 6.07 Å². The van der Waals surface area contributed by atoms with Crippen molar-refractivity contribution in [1.29, 1.82) is 0 Å². The van der Waals surface area contributed by atoms with E-state index in [1.165, 1.54) is 25.7 Å². The molecule has 0 amide bonds. The average molecular weight is 206 g/mol. The van der Waals surface area contributed by atoms with E-state index in [1.807, 2.05) is 6.07 Å². The number of hydrogen-bond donors (Lipinski definition) is 0.